The lowest BCUT2D eigenvalue weighted by Gasteiger charge is -2.42. The Hall–Kier alpha value is -4.12. The Labute approximate surface area is 187 Å². The average Bonchev–Trinajstić information content (AvgIpc) is 3.25. The van der Waals surface area contributed by atoms with E-state index in [1.807, 2.05) is 77.5 Å². The predicted molar refractivity (Wildman–Crippen MR) is 122 cm³/mol. The van der Waals surface area contributed by atoms with Gasteiger partial charge in [-0.1, -0.05) is 48.5 Å². The van der Waals surface area contributed by atoms with E-state index in [2.05, 4.69) is 10.4 Å². The van der Waals surface area contributed by atoms with Crippen LogP contribution < -0.4 is 5.32 Å². The molecule has 1 unspecified atom stereocenters. The number of carbonyl (C=O) groups is 1. The molecule has 3 aromatic rings. The van der Waals surface area contributed by atoms with E-state index >= 15 is 0 Å². The molecule has 0 saturated carbocycles. The number of nitrogens with zero attached hydrogens (tertiary/aromatic N) is 6. The average molecular weight is 428 g/mol. The standard InChI is InChI=1S/C24H25N7O/c1-18-8-6-7-11-20(18)28-24(26-17-25)30-14-15-31(23(32)21-12-13-27-29(21)2)22(16-30)19-9-4-3-5-10-19/h3-13,22H,14-16H2,1-2H3,(H,26,28). The van der Waals surface area contributed by atoms with Crippen LogP contribution in [0.25, 0.3) is 0 Å². The number of rotatable bonds is 3. The van der Waals surface area contributed by atoms with Crippen molar-refractivity contribution in [3.63, 3.8) is 0 Å². The Bertz CT molecular complexity index is 1160. The Kier molecular flexibility index (Phi) is 6.17. The minimum Gasteiger partial charge on any atom is -0.338 e. The summed E-state index contributed by atoms with van der Waals surface area (Å²) in [4.78, 5) is 22.0. The van der Waals surface area contributed by atoms with Gasteiger partial charge < -0.3 is 9.80 Å². The number of hydrogen-bond acceptors (Lipinski definition) is 4. The summed E-state index contributed by atoms with van der Waals surface area (Å²) < 4.78 is 1.60. The van der Waals surface area contributed by atoms with E-state index in [1.54, 1.807) is 24.0 Å². The van der Waals surface area contributed by atoms with Crippen molar-refractivity contribution in [2.75, 3.05) is 19.6 Å². The van der Waals surface area contributed by atoms with Gasteiger partial charge in [-0.3, -0.25) is 14.8 Å². The molecule has 1 amide bonds. The van der Waals surface area contributed by atoms with Crippen molar-refractivity contribution < 1.29 is 4.79 Å². The molecule has 0 radical (unpaired) electrons. The second kappa shape index (κ2) is 9.35. The number of para-hydroxylation sites is 1. The summed E-state index contributed by atoms with van der Waals surface area (Å²) in [6.45, 7) is 3.53. The van der Waals surface area contributed by atoms with Crippen LogP contribution >= 0.6 is 0 Å². The molecule has 1 N–H and O–H groups in total. The molecule has 0 spiro atoms. The van der Waals surface area contributed by atoms with Gasteiger partial charge in [0.2, 0.25) is 5.96 Å². The maximum absolute atomic E-state index is 13.4. The monoisotopic (exact) mass is 427 g/mol. The van der Waals surface area contributed by atoms with Gasteiger partial charge in [0.25, 0.3) is 5.91 Å². The summed E-state index contributed by atoms with van der Waals surface area (Å²) in [7, 11) is 1.77. The van der Waals surface area contributed by atoms with Gasteiger partial charge in [-0.25, -0.2) is 4.99 Å². The van der Waals surface area contributed by atoms with Gasteiger partial charge in [0.05, 0.1) is 11.7 Å². The minimum absolute atomic E-state index is 0.0656. The van der Waals surface area contributed by atoms with E-state index in [4.69, 9.17) is 4.99 Å². The first-order chi connectivity index (χ1) is 15.6. The molecular weight excluding hydrogens is 402 g/mol. The van der Waals surface area contributed by atoms with Gasteiger partial charge in [-0.2, -0.15) is 10.4 Å². The summed E-state index contributed by atoms with van der Waals surface area (Å²) in [6.07, 6.45) is 3.64. The number of aryl methyl sites for hydroxylation is 2. The Balaban J connectivity index is 1.67. The fraction of sp³-hybridized carbons (Fsp3) is 0.250. The van der Waals surface area contributed by atoms with Crippen molar-refractivity contribution >= 4 is 17.6 Å². The van der Waals surface area contributed by atoms with Crippen LogP contribution in [0.15, 0.2) is 71.9 Å². The van der Waals surface area contributed by atoms with Crippen LogP contribution in [0.1, 0.15) is 27.7 Å². The van der Waals surface area contributed by atoms with Crippen LogP contribution in [0.2, 0.25) is 0 Å². The lowest BCUT2D eigenvalue weighted by molar-refractivity contribution is 0.0536. The number of carbonyl (C=O) groups excluding carboxylic acids is 1. The van der Waals surface area contributed by atoms with Crippen LogP contribution in [-0.2, 0) is 7.05 Å². The lowest BCUT2D eigenvalue weighted by Crippen LogP contribution is -2.54. The molecular formula is C24H25N7O. The van der Waals surface area contributed by atoms with E-state index < -0.39 is 0 Å². The number of amides is 1. The molecule has 8 nitrogen and oxygen atoms in total. The number of nitriles is 1. The van der Waals surface area contributed by atoms with E-state index in [0.717, 1.165) is 16.8 Å². The van der Waals surface area contributed by atoms with Gasteiger partial charge >= 0.3 is 0 Å². The molecule has 32 heavy (non-hydrogen) atoms. The molecule has 4 rings (SSSR count). The largest absolute Gasteiger partial charge is 0.338 e. The van der Waals surface area contributed by atoms with Crippen LogP contribution in [0.3, 0.4) is 0 Å². The molecule has 1 atom stereocenters. The number of benzene rings is 2. The highest BCUT2D eigenvalue weighted by Gasteiger charge is 2.34. The fourth-order valence-corrected chi connectivity index (χ4v) is 3.94. The fourth-order valence-electron chi connectivity index (χ4n) is 3.94. The first-order valence-corrected chi connectivity index (χ1v) is 10.5. The molecule has 1 aliphatic rings. The van der Waals surface area contributed by atoms with Crippen LogP contribution in [-0.4, -0.2) is 51.1 Å². The Morgan fingerprint density at radius 3 is 2.56 bits per heavy atom. The Morgan fingerprint density at radius 2 is 1.88 bits per heavy atom. The highest BCUT2D eigenvalue weighted by Crippen LogP contribution is 2.28. The summed E-state index contributed by atoms with van der Waals surface area (Å²) >= 11 is 0. The van der Waals surface area contributed by atoms with Crippen molar-refractivity contribution in [3.8, 4) is 6.19 Å². The highest BCUT2D eigenvalue weighted by molar-refractivity contribution is 5.93. The van der Waals surface area contributed by atoms with E-state index in [1.165, 1.54) is 0 Å². The van der Waals surface area contributed by atoms with Crippen molar-refractivity contribution in [1.82, 2.24) is 24.9 Å². The smallest absolute Gasteiger partial charge is 0.272 e. The number of piperazine rings is 1. The van der Waals surface area contributed by atoms with E-state index in [9.17, 15) is 10.1 Å². The van der Waals surface area contributed by atoms with Crippen molar-refractivity contribution in [2.45, 2.75) is 13.0 Å². The van der Waals surface area contributed by atoms with Gasteiger partial charge in [0.15, 0.2) is 6.19 Å². The number of aliphatic imine (C=N–C) groups is 1. The minimum atomic E-state index is -0.199. The molecule has 8 heteroatoms. The number of aromatic nitrogens is 2. The molecule has 2 aromatic carbocycles. The summed E-state index contributed by atoms with van der Waals surface area (Å²) in [5.41, 5.74) is 3.40. The third-order valence-electron chi connectivity index (χ3n) is 5.67. The topological polar surface area (TPSA) is 89.6 Å². The second-order valence-electron chi connectivity index (χ2n) is 7.67. The van der Waals surface area contributed by atoms with Crippen LogP contribution in [0.4, 0.5) is 5.69 Å². The third kappa shape index (κ3) is 4.32. The van der Waals surface area contributed by atoms with Gasteiger partial charge in [-0.15, -0.1) is 0 Å². The SMILES string of the molecule is Cc1ccccc1N=C(NC#N)N1CCN(C(=O)c2ccnn2C)C(c2ccccc2)C1. The van der Waals surface area contributed by atoms with Crippen molar-refractivity contribution in [2.24, 2.45) is 12.0 Å². The van der Waals surface area contributed by atoms with Crippen molar-refractivity contribution in [1.29, 1.82) is 5.26 Å². The van der Waals surface area contributed by atoms with Gasteiger partial charge in [-0.05, 0) is 30.2 Å². The summed E-state index contributed by atoms with van der Waals surface area (Å²) in [5.74, 6) is 0.416. The zero-order chi connectivity index (χ0) is 22.5. The number of nitrogens with one attached hydrogen (secondary N) is 1. The summed E-state index contributed by atoms with van der Waals surface area (Å²) in [5, 5.41) is 16.2. The molecule has 1 aromatic heterocycles. The molecule has 1 aliphatic heterocycles. The second-order valence-corrected chi connectivity index (χ2v) is 7.67. The maximum Gasteiger partial charge on any atom is 0.272 e. The van der Waals surface area contributed by atoms with Crippen molar-refractivity contribution in [3.05, 3.63) is 83.7 Å². The normalized spacial score (nSPS) is 16.5. The van der Waals surface area contributed by atoms with Gasteiger partial charge in [0.1, 0.15) is 5.69 Å². The first kappa shape index (κ1) is 21.1. The van der Waals surface area contributed by atoms with E-state index in [-0.39, 0.29) is 11.9 Å². The molecule has 162 valence electrons. The quantitative estimate of drug-likeness (QED) is 0.300. The third-order valence-corrected chi connectivity index (χ3v) is 5.67. The number of guanidine groups is 1. The maximum atomic E-state index is 13.4. The molecule has 0 aliphatic carbocycles. The van der Waals surface area contributed by atoms with Crippen LogP contribution in [0.5, 0.6) is 0 Å². The molecule has 0 bridgehead atoms. The Morgan fingerprint density at radius 1 is 1.12 bits per heavy atom. The lowest BCUT2D eigenvalue weighted by atomic mass is 10.0. The zero-order valence-electron chi connectivity index (χ0n) is 18.1. The van der Waals surface area contributed by atoms with E-state index in [0.29, 0.717) is 31.3 Å². The molecule has 1 saturated heterocycles. The zero-order valence-corrected chi connectivity index (χ0v) is 18.1. The molecule has 2 heterocycles. The molecule has 1 fully saturated rings. The predicted octanol–water partition coefficient (Wildman–Crippen LogP) is 2.99. The summed E-state index contributed by atoms with van der Waals surface area (Å²) in [6, 6.07) is 19.3. The first-order valence-electron chi connectivity index (χ1n) is 10.5. The number of hydrogen-bond donors (Lipinski definition) is 1. The van der Waals surface area contributed by atoms with Crippen LogP contribution in [0, 0.1) is 18.4 Å². The van der Waals surface area contributed by atoms with Gasteiger partial charge in [0, 0.05) is 32.9 Å². The highest BCUT2D eigenvalue weighted by atomic mass is 16.2.